The van der Waals surface area contributed by atoms with Crippen LogP contribution in [-0.4, -0.2) is 4.98 Å². The van der Waals surface area contributed by atoms with Gasteiger partial charge in [0.05, 0.1) is 5.52 Å². The van der Waals surface area contributed by atoms with E-state index < -0.39 is 0 Å². The van der Waals surface area contributed by atoms with Crippen LogP contribution in [0.3, 0.4) is 0 Å². The Bertz CT molecular complexity index is 766. The van der Waals surface area contributed by atoms with E-state index in [1.54, 1.807) is 0 Å². The molecule has 0 bridgehead atoms. The van der Waals surface area contributed by atoms with Gasteiger partial charge >= 0.3 is 0 Å². The predicted molar refractivity (Wildman–Crippen MR) is 84.8 cm³/mol. The lowest BCUT2D eigenvalue weighted by atomic mass is 10.0. The Kier molecular flexibility index (Phi) is 3.43. The molecule has 0 radical (unpaired) electrons. The summed E-state index contributed by atoms with van der Waals surface area (Å²) < 4.78 is 0. The molecule has 0 fully saturated rings. The van der Waals surface area contributed by atoms with Crippen molar-refractivity contribution in [3.63, 3.8) is 0 Å². The second kappa shape index (κ2) is 5.23. The van der Waals surface area contributed by atoms with Gasteiger partial charge in [-0.15, -0.1) is 0 Å². The Balaban J connectivity index is 2.17. The normalized spacial score (nSPS) is 12.6. The first-order valence-corrected chi connectivity index (χ1v) is 6.93. The molecule has 1 heterocycles. The third-order valence-corrected chi connectivity index (χ3v) is 3.75. The van der Waals surface area contributed by atoms with Crippen molar-refractivity contribution in [2.45, 2.75) is 13.0 Å². The maximum Gasteiger partial charge on any atom is 0.0702 e. The Morgan fingerprint density at radius 3 is 2.70 bits per heavy atom. The highest BCUT2D eigenvalue weighted by atomic mass is 35.5. The molecule has 3 heteroatoms. The maximum atomic E-state index is 6.32. The van der Waals surface area contributed by atoms with Gasteiger partial charge in [0.25, 0.3) is 0 Å². The quantitative estimate of drug-likeness (QED) is 0.747. The van der Waals surface area contributed by atoms with E-state index in [0.29, 0.717) is 5.02 Å². The number of halogens is 1. The Morgan fingerprint density at radius 2 is 1.90 bits per heavy atom. The van der Waals surface area contributed by atoms with Gasteiger partial charge in [0.1, 0.15) is 0 Å². The first-order valence-electron chi connectivity index (χ1n) is 6.55. The summed E-state index contributed by atoms with van der Waals surface area (Å²) >= 11 is 6.32. The van der Waals surface area contributed by atoms with Crippen LogP contribution in [0.25, 0.3) is 22.0 Å². The third kappa shape index (κ3) is 2.40. The number of hydrogen-bond donors (Lipinski definition) is 1. The molecule has 0 saturated heterocycles. The molecular weight excluding hydrogens is 268 g/mol. The van der Waals surface area contributed by atoms with E-state index in [2.05, 4.69) is 17.1 Å². The summed E-state index contributed by atoms with van der Waals surface area (Å²) in [6.45, 7) is 1.96. The van der Waals surface area contributed by atoms with E-state index in [9.17, 15) is 0 Å². The minimum atomic E-state index is -0.0144. The standard InChI is InChI=1S/C17H15ClN2/c1-11(19)12-6-7-16(18)15(9-12)14-8-13-4-2-3-5-17(13)20-10-14/h2-11H,19H2,1H3. The van der Waals surface area contributed by atoms with Crippen molar-refractivity contribution in [2.75, 3.05) is 0 Å². The van der Waals surface area contributed by atoms with Crippen molar-refractivity contribution in [1.82, 2.24) is 4.98 Å². The zero-order valence-electron chi connectivity index (χ0n) is 11.2. The van der Waals surface area contributed by atoms with Crippen LogP contribution < -0.4 is 5.73 Å². The van der Waals surface area contributed by atoms with Crippen molar-refractivity contribution in [2.24, 2.45) is 5.73 Å². The highest BCUT2D eigenvalue weighted by molar-refractivity contribution is 6.33. The monoisotopic (exact) mass is 282 g/mol. The van der Waals surface area contributed by atoms with Crippen molar-refractivity contribution in [3.05, 3.63) is 65.3 Å². The SMILES string of the molecule is CC(N)c1ccc(Cl)c(-c2cnc3ccccc3c2)c1. The third-order valence-electron chi connectivity index (χ3n) is 3.42. The number of fused-ring (bicyclic) bond motifs is 1. The van der Waals surface area contributed by atoms with Crippen LogP contribution in [0, 0.1) is 0 Å². The van der Waals surface area contributed by atoms with Crippen molar-refractivity contribution < 1.29 is 0 Å². The van der Waals surface area contributed by atoms with Gasteiger partial charge in [0.2, 0.25) is 0 Å². The summed E-state index contributed by atoms with van der Waals surface area (Å²) in [5, 5.41) is 1.82. The van der Waals surface area contributed by atoms with E-state index in [0.717, 1.165) is 27.6 Å². The van der Waals surface area contributed by atoms with E-state index >= 15 is 0 Å². The molecule has 2 N–H and O–H groups in total. The molecule has 100 valence electrons. The molecule has 0 saturated carbocycles. The Labute approximate surface area is 123 Å². The van der Waals surface area contributed by atoms with Crippen LogP contribution in [0.2, 0.25) is 5.02 Å². The highest BCUT2D eigenvalue weighted by Crippen LogP contribution is 2.31. The minimum Gasteiger partial charge on any atom is -0.324 e. The summed E-state index contributed by atoms with van der Waals surface area (Å²) in [6.07, 6.45) is 1.86. The number of para-hydroxylation sites is 1. The molecule has 1 atom stereocenters. The first kappa shape index (κ1) is 13.1. The van der Waals surface area contributed by atoms with Crippen LogP contribution >= 0.6 is 11.6 Å². The molecule has 3 rings (SSSR count). The van der Waals surface area contributed by atoms with Crippen LogP contribution in [0.5, 0.6) is 0 Å². The van der Waals surface area contributed by atoms with Gasteiger partial charge in [-0.1, -0.05) is 35.9 Å². The molecule has 0 aliphatic heterocycles. The van der Waals surface area contributed by atoms with Crippen molar-refractivity contribution in [3.8, 4) is 11.1 Å². The van der Waals surface area contributed by atoms with Crippen LogP contribution in [0.15, 0.2) is 54.7 Å². The van der Waals surface area contributed by atoms with Crippen LogP contribution in [-0.2, 0) is 0 Å². The van der Waals surface area contributed by atoms with Gasteiger partial charge in [-0.25, -0.2) is 0 Å². The molecule has 2 aromatic carbocycles. The smallest absolute Gasteiger partial charge is 0.0702 e. The maximum absolute atomic E-state index is 6.32. The molecule has 0 spiro atoms. The number of pyridine rings is 1. The first-order chi connectivity index (χ1) is 9.65. The number of aromatic nitrogens is 1. The van der Waals surface area contributed by atoms with Gasteiger partial charge in [0, 0.05) is 33.8 Å². The Hall–Kier alpha value is -1.90. The van der Waals surface area contributed by atoms with Crippen LogP contribution in [0.1, 0.15) is 18.5 Å². The average Bonchev–Trinajstić information content (AvgIpc) is 2.47. The predicted octanol–water partition coefficient (Wildman–Crippen LogP) is 4.57. The molecule has 2 nitrogen and oxygen atoms in total. The fraction of sp³-hybridized carbons (Fsp3) is 0.118. The lowest BCUT2D eigenvalue weighted by Crippen LogP contribution is -2.04. The zero-order valence-corrected chi connectivity index (χ0v) is 11.9. The summed E-state index contributed by atoms with van der Waals surface area (Å²) in [6, 6.07) is 16.0. The minimum absolute atomic E-state index is 0.0144. The topological polar surface area (TPSA) is 38.9 Å². The number of hydrogen-bond acceptors (Lipinski definition) is 2. The largest absolute Gasteiger partial charge is 0.324 e. The van der Waals surface area contributed by atoms with Crippen molar-refractivity contribution >= 4 is 22.5 Å². The fourth-order valence-electron chi connectivity index (χ4n) is 2.27. The van der Waals surface area contributed by atoms with E-state index in [-0.39, 0.29) is 6.04 Å². The lowest BCUT2D eigenvalue weighted by molar-refractivity contribution is 0.819. The van der Waals surface area contributed by atoms with E-state index in [4.69, 9.17) is 17.3 Å². The summed E-state index contributed by atoms with van der Waals surface area (Å²) in [7, 11) is 0. The van der Waals surface area contributed by atoms with Gasteiger partial charge in [-0.05, 0) is 36.8 Å². The second-order valence-corrected chi connectivity index (χ2v) is 5.35. The molecule has 0 aliphatic rings. The van der Waals surface area contributed by atoms with Crippen LogP contribution in [0.4, 0.5) is 0 Å². The Morgan fingerprint density at radius 1 is 1.10 bits per heavy atom. The van der Waals surface area contributed by atoms with Gasteiger partial charge in [-0.3, -0.25) is 4.98 Å². The van der Waals surface area contributed by atoms with Gasteiger partial charge in [0.15, 0.2) is 0 Å². The molecular formula is C17H15ClN2. The lowest BCUT2D eigenvalue weighted by Gasteiger charge is -2.11. The number of rotatable bonds is 2. The molecule has 0 amide bonds. The molecule has 3 aromatic rings. The molecule has 1 aromatic heterocycles. The number of nitrogens with zero attached hydrogens (tertiary/aromatic N) is 1. The zero-order chi connectivity index (χ0) is 14.1. The molecule has 1 unspecified atom stereocenters. The second-order valence-electron chi connectivity index (χ2n) is 4.94. The van der Waals surface area contributed by atoms with E-state index in [1.807, 2.05) is 49.5 Å². The number of benzene rings is 2. The molecule has 20 heavy (non-hydrogen) atoms. The average molecular weight is 283 g/mol. The summed E-state index contributed by atoms with van der Waals surface area (Å²) in [5.41, 5.74) is 9.97. The summed E-state index contributed by atoms with van der Waals surface area (Å²) in [5.74, 6) is 0. The van der Waals surface area contributed by atoms with Gasteiger partial charge < -0.3 is 5.73 Å². The van der Waals surface area contributed by atoms with E-state index in [1.165, 1.54) is 0 Å². The van der Waals surface area contributed by atoms with Gasteiger partial charge in [-0.2, -0.15) is 0 Å². The van der Waals surface area contributed by atoms with Crippen molar-refractivity contribution in [1.29, 1.82) is 0 Å². The summed E-state index contributed by atoms with van der Waals surface area (Å²) in [4.78, 5) is 4.48. The highest BCUT2D eigenvalue weighted by Gasteiger charge is 2.08. The number of nitrogens with two attached hydrogens (primary N) is 1. The fourth-order valence-corrected chi connectivity index (χ4v) is 2.49. The molecule has 0 aliphatic carbocycles.